The Morgan fingerprint density at radius 3 is 2.30 bits per heavy atom. The van der Waals surface area contributed by atoms with Crippen LogP contribution in [0.5, 0.6) is 0 Å². The van der Waals surface area contributed by atoms with Gasteiger partial charge in [-0.2, -0.15) is 0 Å². The lowest BCUT2D eigenvalue weighted by Gasteiger charge is -2.35. The van der Waals surface area contributed by atoms with Crippen LogP contribution < -0.4 is 5.32 Å². The van der Waals surface area contributed by atoms with Crippen LogP contribution >= 0.6 is 0 Å². The summed E-state index contributed by atoms with van der Waals surface area (Å²) in [5, 5.41) is 3.14. The molecule has 0 bridgehead atoms. The number of methoxy groups -OCH3 is 1. The molecule has 1 unspecified atom stereocenters. The van der Waals surface area contributed by atoms with Crippen molar-refractivity contribution >= 4 is 12.1 Å². The molecule has 1 aliphatic rings. The zero-order valence-electron chi connectivity index (χ0n) is 15.1. The molecule has 1 N–H and O–H groups in total. The summed E-state index contributed by atoms with van der Waals surface area (Å²) in [6, 6.07) is -0.274. The SMILES string of the molecule is COC(=O)C(C)NCCCN1CCN(C(=O)OC(C)(C)C)CC1. The van der Waals surface area contributed by atoms with Gasteiger partial charge in [-0.15, -0.1) is 0 Å². The first-order chi connectivity index (χ1) is 10.7. The minimum atomic E-state index is -0.448. The maximum Gasteiger partial charge on any atom is 0.410 e. The topological polar surface area (TPSA) is 71.1 Å². The van der Waals surface area contributed by atoms with Crippen molar-refractivity contribution in [2.45, 2.75) is 45.8 Å². The number of hydrogen-bond donors (Lipinski definition) is 1. The van der Waals surface area contributed by atoms with Crippen molar-refractivity contribution in [1.29, 1.82) is 0 Å². The first kappa shape index (κ1) is 19.7. The van der Waals surface area contributed by atoms with Crippen LogP contribution in [0.4, 0.5) is 4.79 Å². The zero-order valence-corrected chi connectivity index (χ0v) is 15.1. The second kappa shape index (κ2) is 9.08. The molecule has 134 valence electrons. The van der Waals surface area contributed by atoms with Gasteiger partial charge in [0, 0.05) is 26.2 Å². The fourth-order valence-electron chi connectivity index (χ4n) is 2.36. The fourth-order valence-corrected chi connectivity index (χ4v) is 2.36. The van der Waals surface area contributed by atoms with Crippen LogP contribution in [0.2, 0.25) is 0 Å². The maximum atomic E-state index is 12.0. The molecule has 0 aromatic carbocycles. The van der Waals surface area contributed by atoms with Crippen molar-refractivity contribution in [3.63, 3.8) is 0 Å². The molecule has 23 heavy (non-hydrogen) atoms. The molecule has 1 fully saturated rings. The summed E-state index contributed by atoms with van der Waals surface area (Å²) in [4.78, 5) is 27.3. The Balaban J connectivity index is 2.17. The van der Waals surface area contributed by atoms with E-state index in [2.05, 4.69) is 15.0 Å². The Bertz CT molecular complexity index is 387. The van der Waals surface area contributed by atoms with Gasteiger partial charge in [0.1, 0.15) is 11.6 Å². The lowest BCUT2D eigenvalue weighted by molar-refractivity contribution is -0.142. The summed E-state index contributed by atoms with van der Waals surface area (Å²) >= 11 is 0. The van der Waals surface area contributed by atoms with Gasteiger partial charge in [-0.3, -0.25) is 9.69 Å². The van der Waals surface area contributed by atoms with Gasteiger partial charge in [-0.25, -0.2) is 4.79 Å². The number of hydrogen-bond acceptors (Lipinski definition) is 6. The molecule has 0 aliphatic carbocycles. The van der Waals surface area contributed by atoms with E-state index in [-0.39, 0.29) is 18.1 Å². The smallest absolute Gasteiger partial charge is 0.410 e. The Labute approximate surface area is 139 Å². The van der Waals surface area contributed by atoms with E-state index < -0.39 is 5.60 Å². The summed E-state index contributed by atoms with van der Waals surface area (Å²) in [6.07, 6.45) is 0.721. The van der Waals surface area contributed by atoms with E-state index in [0.717, 1.165) is 32.6 Å². The highest BCUT2D eigenvalue weighted by Crippen LogP contribution is 2.11. The first-order valence-corrected chi connectivity index (χ1v) is 8.24. The molecule has 1 aliphatic heterocycles. The predicted octanol–water partition coefficient (Wildman–Crippen LogP) is 1.08. The third-order valence-electron chi connectivity index (χ3n) is 3.68. The number of amides is 1. The number of rotatable bonds is 6. The zero-order chi connectivity index (χ0) is 17.5. The van der Waals surface area contributed by atoms with E-state index >= 15 is 0 Å². The van der Waals surface area contributed by atoms with Crippen LogP contribution in [0.1, 0.15) is 34.1 Å². The minimum absolute atomic E-state index is 0.231. The average molecular weight is 329 g/mol. The Kier molecular flexibility index (Phi) is 7.78. The molecule has 1 atom stereocenters. The van der Waals surface area contributed by atoms with Gasteiger partial charge in [0.05, 0.1) is 7.11 Å². The number of esters is 1. The lowest BCUT2D eigenvalue weighted by atomic mass is 10.2. The number of nitrogens with zero attached hydrogens (tertiary/aromatic N) is 2. The highest BCUT2D eigenvalue weighted by molar-refractivity contribution is 5.75. The first-order valence-electron chi connectivity index (χ1n) is 8.24. The number of ether oxygens (including phenoxy) is 2. The normalized spacial score (nSPS) is 17.7. The van der Waals surface area contributed by atoms with Crippen molar-refractivity contribution in [2.75, 3.05) is 46.4 Å². The number of nitrogens with one attached hydrogen (secondary N) is 1. The van der Waals surface area contributed by atoms with Crippen molar-refractivity contribution in [2.24, 2.45) is 0 Å². The molecular weight excluding hydrogens is 298 g/mol. The van der Waals surface area contributed by atoms with Crippen LogP contribution in [0.25, 0.3) is 0 Å². The van der Waals surface area contributed by atoms with Crippen LogP contribution in [0.15, 0.2) is 0 Å². The monoisotopic (exact) mass is 329 g/mol. The molecule has 1 saturated heterocycles. The summed E-state index contributed by atoms with van der Waals surface area (Å²) < 4.78 is 10.1. The molecule has 1 amide bonds. The van der Waals surface area contributed by atoms with E-state index in [1.807, 2.05) is 20.8 Å². The van der Waals surface area contributed by atoms with Gasteiger partial charge in [0.15, 0.2) is 0 Å². The summed E-state index contributed by atoms with van der Waals surface area (Å²) in [6.45, 7) is 12.2. The molecule has 1 rings (SSSR count). The second-order valence-electron chi connectivity index (χ2n) is 6.86. The number of piperazine rings is 1. The average Bonchev–Trinajstić information content (AvgIpc) is 2.49. The van der Waals surface area contributed by atoms with Gasteiger partial charge in [-0.1, -0.05) is 0 Å². The molecule has 7 nitrogen and oxygen atoms in total. The molecular formula is C16H31N3O4. The van der Waals surface area contributed by atoms with Crippen LogP contribution in [-0.4, -0.2) is 79.9 Å². The van der Waals surface area contributed by atoms with Gasteiger partial charge in [0.2, 0.25) is 0 Å². The van der Waals surface area contributed by atoms with Crippen LogP contribution in [-0.2, 0) is 14.3 Å². The number of carbonyl (C=O) groups excluding carboxylic acids is 2. The fraction of sp³-hybridized carbons (Fsp3) is 0.875. The molecule has 0 saturated carbocycles. The van der Waals surface area contributed by atoms with Crippen LogP contribution in [0.3, 0.4) is 0 Å². The Hall–Kier alpha value is -1.34. The molecule has 0 aromatic rings. The van der Waals surface area contributed by atoms with E-state index in [9.17, 15) is 9.59 Å². The second-order valence-corrected chi connectivity index (χ2v) is 6.86. The highest BCUT2D eigenvalue weighted by Gasteiger charge is 2.25. The predicted molar refractivity (Wildman–Crippen MR) is 88.3 cm³/mol. The van der Waals surface area contributed by atoms with E-state index in [4.69, 9.17) is 4.74 Å². The molecule has 1 heterocycles. The summed E-state index contributed by atoms with van der Waals surface area (Å²) in [5.74, 6) is -0.240. The van der Waals surface area contributed by atoms with E-state index in [0.29, 0.717) is 13.1 Å². The largest absolute Gasteiger partial charge is 0.468 e. The van der Waals surface area contributed by atoms with Crippen molar-refractivity contribution in [1.82, 2.24) is 15.1 Å². The Morgan fingerprint density at radius 2 is 1.78 bits per heavy atom. The van der Waals surface area contributed by atoms with Crippen LogP contribution in [0, 0.1) is 0 Å². The summed E-state index contributed by atoms with van der Waals surface area (Å²) in [7, 11) is 1.39. The molecule has 0 aromatic heterocycles. The highest BCUT2D eigenvalue weighted by atomic mass is 16.6. The number of carbonyl (C=O) groups is 2. The standard InChI is InChI=1S/C16H31N3O4/c1-13(14(20)22-5)17-7-6-8-18-9-11-19(12-10-18)15(21)23-16(2,3)4/h13,17H,6-12H2,1-5H3. The minimum Gasteiger partial charge on any atom is -0.468 e. The van der Waals surface area contributed by atoms with E-state index in [1.54, 1.807) is 11.8 Å². The van der Waals surface area contributed by atoms with Gasteiger partial charge >= 0.3 is 12.1 Å². The van der Waals surface area contributed by atoms with E-state index in [1.165, 1.54) is 7.11 Å². The molecule has 7 heteroatoms. The maximum absolute atomic E-state index is 12.0. The van der Waals surface area contributed by atoms with Gasteiger partial charge in [-0.05, 0) is 47.2 Å². The molecule has 0 spiro atoms. The third-order valence-corrected chi connectivity index (χ3v) is 3.68. The Morgan fingerprint density at radius 1 is 1.17 bits per heavy atom. The van der Waals surface area contributed by atoms with Crippen molar-refractivity contribution in [3.05, 3.63) is 0 Å². The van der Waals surface area contributed by atoms with Gasteiger partial charge in [0.25, 0.3) is 0 Å². The lowest BCUT2D eigenvalue weighted by Crippen LogP contribution is -2.50. The third kappa shape index (κ3) is 7.65. The molecule has 0 radical (unpaired) electrons. The van der Waals surface area contributed by atoms with Crippen molar-refractivity contribution in [3.8, 4) is 0 Å². The summed E-state index contributed by atoms with van der Waals surface area (Å²) in [5.41, 5.74) is -0.448. The quantitative estimate of drug-likeness (QED) is 0.581. The van der Waals surface area contributed by atoms with Crippen molar-refractivity contribution < 1.29 is 19.1 Å². The van der Waals surface area contributed by atoms with Gasteiger partial charge < -0.3 is 19.7 Å².